The van der Waals surface area contributed by atoms with Crippen LogP contribution in [0.2, 0.25) is 0 Å². The first-order valence-electron chi connectivity index (χ1n) is 14.2. The first-order chi connectivity index (χ1) is 20.4. The van der Waals surface area contributed by atoms with Crippen molar-refractivity contribution in [1.29, 1.82) is 5.26 Å². The van der Waals surface area contributed by atoms with Crippen molar-refractivity contribution in [3.63, 3.8) is 0 Å². The Morgan fingerprint density at radius 3 is 2.14 bits per heavy atom. The van der Waals surface area contributed by atoms with Gasteiger partial charge in [-0.2, -0.15) is 5.26 Å². The van der Waals surface area contributed by atoms with E-state index < -0.39 is 33.9 Å². The minimum atomic E-state index is -5.00. The zero-order valence-electron chi connectivity index (χ0n) is 23.8. The number of halogens is 3. The molecule has 3 aromatic carbocycles. The molecule has 0 radical (unpaired) electrons. The number of anilines is 2. The Balaban J connectivity index is 1.43. The van der Waals surface area contributed by atoms with Gasteiger partial charge in [-0.1, -0.05) is 25.1 Å². The molecule has 226 valence electrons. The smallest absolute Gasteiger partial charge is 0.404 e. The van der Waals surface area contributed by atoms with Crippen LogP contribution in [0, 0.1) is 11.3 Å². The molecular weight excluding hydrogens is 579 g/mol. The lowest BCUT2D eigenvalue weighted by Crippen LogP contribution is -2.29. The molecule has 1 N–H and O–H groups in total. The molecule has 0 unspecified atom stereocenters. The summed E-state index contributed by atoms with van der Waals surface area (Å²) >= 11 is 0. The van der Waals surface area contributed by atoms with Gasteiger partial charge in [0.15, 0.2) is 15.6 Å². The third kappa shape index (κ3) is 7.31. The predicted octanol–water partition coefficient (Wildman–Crippen LogP) is 7.29. The number of hydrogen-bond donors (Lipinski definition) is 1. The van der Waals surface area contributed by atoms with Crippen molar-refractivity contribution in [3.05, 3.63) is 82.9 Å². The highest BCUT2D eigenvalue weighted by atomic mass is 32.2. The Bertz CT molecular complexity index is 1630. The van der Waals surface area contributed by atoms with E-state index in [1.54, 1.807) is 11.9 Å². The van der Waals surface area contributed by atoms with Gasteiger partial charge in [0, 0.05) is 18.3 Å². The Morgan fingerprint density at radius 1 is 1.02 bits per heavy atom. The largest absolute Gasteiger partial charge is 0.573 e. The average Bonchev–Trinajstić information content (AvgIpc) is 3.89. The van der Waals surface area contributed by atoms with Gasteiger partial charge in [0.1, 0.15) is 0 Å². The van der Waals surface area contributed by atoms with Crippen LogP contribution in [0.25, 0.3) is 0 Å². The molecule has 0 saturated heterocycles. The summed E-state index contributed by atoms with van der Waals surface area (Å²) in [6.45, 7) is 1.53. The lowest BCUT2D eigenvalue weighted by molar-refractivity contribution is -0.274. The van der Waals surface area contributed by atoms with Crippen LogP contribution in [-0.2, 0) is 9.84 Å². The highest BCUT2D eigenvalue weighted by molar-refractivity contribution is 7.91. The van der Waals surface area contributed by atoms with Gasteiger partial charge in [0.2, 0.25) is 0 Å². The van der Waals surface area contributed by atoms with E-state index in [2.05, 4.69) is 16.1 Å². The Hall–Kier alpha value is -4.04. The second-order valence-electron chi connectivity index (χ2n) is 11.1. The van der Waals surface area contributed by atoms with Gasteiger partial charge in [0.25, 0.3) is 5.91 Å². The molecule has 0 bridgehead atoms. The number of alkyl halides is 3. The Kier molecular flexibility index (Phi) is 8.43. The average molecular weight is 612 g/mol. The number of sulfone groups is 1. The number of amides is 1. The molecule has 1 atom stereocenters. The second kappa shape index (κ2) is 11.9. The maximum Gasteiger partial charge on any atom is 0.573 e. The topological polar surface area (TPSA) is 99.5 Å². The molecule has 0 aromatic heterocycles. The van der Waals surface area contributed by atoms with Crippen LogP contribution in [0.4, 0.5) is 24.5 Å². The summed E-state index contributed by atoms with van der Waals surface area (Å²) in [7, 11) is -1.77. The molecule has 0 spiro atoms. The summed E-state index contributed by atoms with van der Waals surface area (Å²) in [6.07, 6.45) is -0.754. The van der Waals surface area contributed by atoms with Crippen LogP contribution in [0.1, 0.15) is 84.0 Å². The molecule has 0 aliphatic heterocycles. The van der Waals surface area contributed by atoms with Crippen molar-refractivity contribution in [2.75, 3.05) is 17.7 Å². The molecule has 2 saturated carbocycles. The molecule has 2 fully saturated rings. The van der Waals surface area contributed by atoms with Crippen molar-refractivity contribution in [3.8, 4) is 11.8 Å². The number of nitriles is 1. The predicted molar refractivity (Wildman–Crippen MR) is 156 cm³/mol. The summed E-state index contributed by atoms with van der Waals surface area (Å²) in [4.78, 5) is 15.0. The molecule has 7 nitrogen and oxygen atoms in total. The fourth-order valence-corrected chi connectivity index (χ4v) is 5.98. The van der Waals surface area contributed by atoms with E-state index in [4.69, 9.17) is 0 Å². The zero-order valence-corrected chi connectivity index (χ0v) is 24.6. The third-order valence-corrected chi connectivity index (χ3v) is 9.63. The van der Waals surface area contributed by atoms with Gasteiger partial charge in [-0.3, -0.25) is 4.79 Å². The summed E-state index contributed by atoms with van der Waals surface area (Å²) in [5.74, 6) is -0.379. The molecule has 2 aliphatic rings. The van der Waals surface area contributed by atoms with Gasteiger partial charge in [-0.25, -0.2) is 8.42 Å². The van der Waals surface area contributed by atoms with E-state index in [1.165, 1.54) is 54.4 Å². The first-order valence-corrected chi connectivity index (χ1v) is 15.8. The van der Waals surface area contributed by atoms with Crippen molar-refractivity contribution in [2.45, 2.75) is 68.2 Å². The molecule has 3 aromatic rings. The standard InChI is InChI=1S/C32H32F3N3O4S/c1-3-43(40,41)27-11-8-22(9-12-27)28(14-15-36)37-31(39)23-10-13-29(30(19-23)42-32(33,34)35)38(2)26-17-24(20-4-5-20)16-25(18-26)21-6-7-21/h8-13,16-21,28H,3-7,14H2,1-2H3,(H,37,39)/t28-/m0/s1. The van der Waals surface area contributed by atoms with Crippen molar-refractivity contribution >= 4 is 27.1 Å². The number of benzene rings is 3. The monoisotopic (exact) mass is 611 g/mol. The number of rotatable bonds is 11. The maximum atomic E-state index is 13.5. The van der Waals surface area contributed by atoms with Gasteiger partial charge in [-0.05, 0) is 96.7 Å². The van der Waals surface area contributed by atoms with Crippen LogP contribution in [0.15, 0.2) is 65.6 Å². The number of carbonyl (C=O) groups excluding carboxylic acids is 1. The molecule has 43 heavy (non-hydrogen) atoms. The first kappa shape index (κ1) is 30.4. The summed E-state index contributed by atoms with van der Waals surface area (Å²) in [5, 5.41) is 12.0. The van der Waals surface area contributed by atoms with Crippen LogP contribution in [-0.4, -0.2) is 33.5 Å². The molecule has 2 aliphatic carbocycles. The molecule has 5 rings (SSSR count). The van der Waals surface area contributed by atoms with Gasteiger partial charge < -0.3 is 15.0 Å². The molecular formula is C32H32F3N3O4S. The van der Waals surface area contributed by atoms with E-state index >= 15 is 0 Å². The molecule has 1 amide bonds. The van der Waals surface area contributed by atoms with Crippen LogP contribution >= 0.6 is 0 Å². The Morgan fingerprint density at radius 2 is 1.63 bits per heavy atom. The summed E-state index contributed by atoms with van der Waals surface area (Å²) in [5.41, 5.74) is 3.65. The number of nitrogens with one attached hydrogen (secondary N) is 1. The van der Waals surface area contributed by atoms with E-state index in [1.807, 2.05) is 18.2 Å². The fraction of sp³-hybridized carbons (Fsp3) is 0.375. The normalized spacial score (nSPS) is 15.8. The van der Waals surface area contributed by atoms with Gasteiger partial charge in [-0.15, -0.1) is 13.2 Å². The number of nitrogens with zero attached hydrogens (tertiary/aromatic N) is 2. The van der Waals surface area contributed by atoms with Gasteiger partial charge in [0.05, 0.1) is 34.9 Å². The van der Waals surface area contributed by atoms with Crippen molar-refractivity contribution in [2.24, 2.45) is 0 Å². The van der Waals surface area contributed by atoms with E-state index in [0.717, 1.165) is 37.4 Å². The molecule has 0 heterocycles. The highest BCUT2D eigenvalue weighted by Crippen LogP contribution is 2.47. The van der Waals surface area contributed by atoms with Crippen LogP contribution < -0.4 is 15.0 Å². The minimum absolute atomic E-state index is 0.0775. The zero-order chi connectivity index (χ0) is 30.9. The summed E-state index contributed by atoms with van der Waals surface area (Å²) in [6, 6.07) is 17.1. The third-order valence-electron chi connectivity index (χ3n) is 7.88. The fourth-order valence-electron chi connectivity index (χ4n) is 5.09. The maximum absolute atomic E-state index is 13.5. The van der Waals surface area contributed by atoms with Crippen LogP contribution in [0.3, 0.4) is 0 Å². The second-order valence-corrected chi connectivity index (χ2v) is 13.3. The van der Waals surface area contributed by atoms with Crippen LogP contribution in [0.5, 0.6) is 5.75 Å². The lowest BCUT2D eigenvalue weighted by Gasteiger charge is -2.25. The quantitative estimate of drug-likeness (QED) is 0.245. The minimum Gasteiger partial charge on any atom is -0.404 e. The van der Waals surface area contributed by atoms with E-state index in [-0.39, 0.29) is 28.3 Å². The van der Waals surface area contributed by atoms with E-state index in [9.17, 15) is 31.6 Å². The van der Waals surface area contributed by atoms with E-state index in [0.29, 0.717) is 17.4 Å². The number of hydrogen-bond acceptors (Lipinski definition) is 6. The SMILES string of the molecule is CCS(=O)(=O)c1ccc([C@H](CC#N)NC(=O)c2ccc(N(C)c3cc(C4CC4)cc(C4CC4)c3)c(OC(F)(F)F)c2)cc1. The van der Waals surface area contributed by atoms with Crippen molar-refractivity contribution < 1.29 is 31.1 Å². The summed E-state index contributed by atoms with van der Waals surface area (Å²) < 4.78 is 69.3. The lowest BCUT2D eigenvalue weighted by atomic mass is 10.0. The number of carbonyl (C=O) groups is 1. The molecule has 11 heteroatoms. The van der Waals surface area contributed by atoms with Crippen molar-refractivity contribution in [1.82, 2.24) is 5.32 Å². The highest BCUT2D eigenvalue weighted by Gasteiger charge is 2.34. The van der Waals surface area contributed by atoms with Gasteiger partial charge >= 0.3 is 6.36 Å². The number of ether oxygens (including phenoxy) is 1. The Labute approximate surface area is 249 Å².